The van der Waals surface area contributed by atoms with Crippen LogP contribution in [0, 0.1) is 0 Å². The average molecular weight is 380 g/mol. The monoisotopic (exact) mass is 379 g/mol. The number of benzene rings is 2. The van der Waals surface area contributed by atoms with Crippen LogP contribution in [0.25, 0.3) is 11.0 Å². The minimum atomic E-state index is -0.457. The highest BCUT2D eigenvalue weighted by Gasteiger charge is 2.12. The van der Waals surface area contributed by atoms with Crippen molar-refractivity contribution in [3.63, 3.8) is 0 Å². The van der Waals surface area contributed by atoms with E-state index in [0.29, 0.717) is 33.4 Å². The topological polar surface area (TPSA) is 66.2 Å². The van der Waals surface area contributed by atoms with Crippen LogP contribution in [-0.4, -0.2) is 34.2 Å². The largest absolute Gasteiger partial charge is 0.487 e. The van der Waals surface area contributed by atoms with Gasteiger partial charge in [0.25, 0.3) is 0 Å². The highest BCUT2D eigenvalue weighted by molar-refractivity contribution is 6.37. The van der Waals surface area contributed by atoms with Gasteiger partial charge in [0.1, 0.15) is 18.7 Å². The molecular formula is C17H15Cl2N3O3. The normalized spacial score (nSPS) is 10.8. The van der Waals surface area contributed by atoms with E-state index in [4.69, 9.17) is 32.7 Å². The molecule has 0 radical (unpaired) electrons. The summed E-state index contributed by atoms with van der Waals surface area (Å²) in [5, 5.41) is 8.86. The van der Waals surface area contributed by atoms with Crippen LogP contribution in [0.3, 0.4) is 0 Å². The Morgan fingerprint density at radius 2 is 1.92 bits per heavy atom. The van der Waals surface area contributed by atoms with Gasteiger partial charge in [-0.2, -0.15) is 0 Å². The third-order valence-electron chi connectivity index (χ3n) is 3.53. The number of ether oxygens (including phenoxy) is 2. The second-order valence-electron chi connectivity index (χ2n) is 5.14. The second kappa shape index (κ2) is 7.72. The zero-order valence-corrected chi connectivity index (χ0v) is 14.9. The second-order valence-corrected chi connectivity index (χ2v) is 5.96. The molecule has 0 amide bonds. The summed E-state index contributed by atoms with van der Waals surface area (Å²) in [5.41, 5.74) is 1.93. The van der Waals surface area contributed by atoms with Crippen LogP contribution in [0.15, 0.2) is 36.4 Å². The first-order valence-corrected chi connectivity index (χ1v) is 8.43. The molecule has 0 fully saturated rings. The molecule has 2 aromatic carbocycles. The Labute approximate surface area is 154 Å². The van der Waals surface area contributed by atoms with E-state index in [1.54, 1.807) is 41.1 Å². The summed E-state index contributed by atoms with van der Waals surface area (Å²) in [5.74, 6) is -0.0821. The number of rotatable bonds is 6. The molecule has 3 aromatic rings. The molecule has 0 atom stereocenters. The predicted octanol–water partition coefficient (Wildman–Crippen LogP) is 3.99. The van der Waals surface area contributed by atoms with Gasteiger partial charge in [0, 0.05) is 6.54 Å². The van der Waals surface area contributed by atoms with E-state index in [2.05, 4.69) is 10.3 Å². The van der Waals surface area contributed by atoms with E-state index < -0.39 is 5.97 Å². The fourth-order valence-electron chi connectivity index (χ4n) is 2.31. The number of nitrogens with zero attached hydrogens (tertiary/aromatic N) is 3. The molecule has 0 saturated heterocycles. The third-order valence-corrected chi connectivity index (χ3v) is 4.13. The molecule has 0 N–H and O–H groups in total. The molecule has 0 aliphatic carbocycles. The zero-order valence-electron chi connectivity index (χ0n) is 13.4. The van der Waals surface area contributed by atoms with Crippen LogP contribution in [0.1, 0.15) is 17.3 Å². The molecule has 0 bridgehead atoms. The number of carbonyl (C=O) groups is 1. The number of hydrogen-bond acceptors (Lipinski definition) is 5. The van der Waals surface area contributed by atoms with Gasteiger partial charge >= 0.3 is 5.97 Å². The summed E-state index contributed by atoms with van der Waals surface area (Å²) in [4.78, 5) is 12.1. The Balaban J connectivity index is 1.57. The molecule has 1 heterocycles. The Hall–Kier alpha value is -2.31. The van der Waals surface area contributed by atoms with Gasteiger partial charge in [0.15, 0.2) is 5.75 Å². The van der Waals surface area contributed by atoms with Gasteiger partial charge in [0.2, 0.25) is 0 Å². The van der Waals surface area contributed by atoms with Crippen molar-refractivity contribution in [1.82, 2.24) is 15.0 Å². The Bertz CT molecular complexity index is 891. The maximum atomic E-state index is 12.1. The molecule has 0 unspecified atom stereocenters. The van der Waals surface area contributed by atoms with Crippen molar-refractivity contribution in [3.8, 4) is 5.75 Å². The smallest absolute Gasteiger partial charge is 0.338 e. The van der Waals surface area contributed by atoms with E-state index in [-0.39, 0.29) is 13.2 Å². The van der Waals surface area contributed by atoms with Gasteiger partial charge in [-0.25, -0.2) is 9.48 Å². The number of carbonyl (C=O) groups excluding carboxylic acids is 1. The van der Waals surface area contributed by atoms with Crippen molar-refractivity contribution in [2.24, 2.45) is 0 Å². The fourth-order valence-corrected chi connectivity index (χ4v) is 2.82. The molecule has 25 heavy (non-hydrogen) atoms. The van der Waals surface area contributed by atoms with E-state index in [9.17, 15) is 4.79 Å². The standard InChI is InChI=1S/C17H15Cl2N3O3/c1-2-22-15-7-6-11(10-14(15)20-21-22)17(23)25-9-8-24-16-12(18)4-3-5-13(16)19/h3-7,10H,2,8-9H2,1H3. The minimum Gasteiger partial charge on any atom is -0.487 e. The van der Waals surface area contributed by atoms with Crippen LogP contribution < -0.4 is 4.74 Å². The number of aromatic nitrogens is 3. The molecule has 3 rings (SSSR count). The highest BCUT2D eigenvalue weighted by Crippen LogP contribution is 2.32. The molecule has 8 heteroatoms. The van der Waals surface area contributed by atoms with Crippen molar-refractivity contribution in [1.29, 1.82) is 0 Å². The zero-order chi connectivity index (χ0) is 17.8. The number of halogens is 2. The van der Waals surface area contributed by atoms with Gasteiger partial charge in [-0.3, -0.25) is 0 Å². The number of hydrogen-bond donors (Lipinski definition) is 0. The maximum absolute atomic E-state index is 12.1. The van der Waals surface area contributed by atoms with Gasteiger partial charge in [-0.15, -0.1) is 5.10 Å². The minimum absolute atomic E-state index is 0.0695. The van der Waals surface area contributed by atoms with Gasteiger partial charge in [0.05, 0.1) is 21.1 Å². The van der Waals surface area contributed by atoms with Crippen molar-refractivity contribution in [3.05, 3.63) is 52.0 Å². The van der Waals surface area contributed by atoms with Crippen molar-refractivity contribution < 1.29 is 14.3 Å². The number of para-hydroxylation sites is 1. The first-order chi connectivity index (χ1) is 12.1. The Kier molecular flexibility index (Phi) is 5.40. The lowest BCUT2D eigenvalue weighted by Crippen LogP contribution is -2.12. The van der Waals surface area contributed by atoms with Crippen LogP contribution in [0.5, 0.6) is 5.75 Å². The summed E-state index contributed by atoms with van der Waals surface area (Å²) in [6.07, 6.45) is 0. The lowest BCUT2D eigenvalue weighted by atomic mass is 10.2. The fraction of sp³-hybridized carbons (Fsp3) is 0.235. The number of esters is 1. The van der Waals surface area contributed by atoms with Gasteiger partial charge < -0.3 is 9.47 Å². The molecule has 0 aliphatic rings. The van der Waals surface area contributed by atoms with Crippen molar-refractivity contribution in [2.75, 3.05) is 13.2 Å². The quantitative estimate of drug-likeness (QED) is 0.478. The van der Waals surface area contributed by atoms with Crippen molar-refractivity contribution >= 4 is 40.2 Å². The van der Waals surface area contributed by atoms with Crippen molar-refractivity contribution in [2.45, 2.75) is 13.5 Å². The first-order valence-electron chi connectivity index (χ1n) is 7.67. The predicted molar refractivity (Wildman–Crippen MR) is 95.4 cm³/mol. The lowest BCUT2D eigenvalue weighted by Gasteiger charge is -2.10. The molecule has 130 valence electrons. The summed E-state index contributed by atoms with van der Waals surface area (Å²) < 4.78 is 12.4. The number of fused-ring (bicyclic) bond motifs is 1. The summed E-state index contributed by atoms with van der Waals surface area (Å²) in [6.45, 7) is 2.90. The summed E-state index contributed by atoms with van der Waals surface area (Å²) in [6, 6.07) is 10.2. The lowest BCUT2D eigenvalue weighted by molar-refractivity contribution is 0.0451. The first kappa shape index (κ1) is 17.5. The van der Waals surface area contributed by atoms with Crippen LogP contribution >= 0.6 is 23.2 Å². The maximum Gasteiger partial charge on any atom is 0.338 e. The van der Waals surface area contributed by atoms with E-state index in [1.165, 1.54) is 0 Å². The Morgan fingerprint density at radius 1 is 1.16 bits per heavy atom. The molecular weight excluding hydrogens is 365 g/mol. The third kappa shape index (κ3) is 3.86. The van der Waals surface area contributed by atoms with Crippen LogP contribution in [-0.2, 0) is 11.3 Å². The molecule has 1 aromatic heterocycles. The molecule has 6 nitrogen and oxygen atoms in total. The molecule has 0 aliphatic heterocycles. The average Bonchev–Trinajstić information content (AvgIpc) is 3.02. The van der Waals surface area contributed by atoms with Gasteiger partial charge in [-0.1, -0.05) is 34.5 Å². The van der Waals surface area contributed by atoms with E-state index in [1.807, 2.05) is 6.92 Å². The van der Waals surface area contributed by atoms with Crippen LogP contribution in [0.4, 0.5) is 0 Å². The van der Waals surface area contributed by atoms with Crippen LogP contribution in [0.2, 0.25) is 10.0 Å². The summed E-state index contributed by atoms with van der Waals surface area (Å²) in [7, 11) is 0. The van der Waals surface area contributed by atoms with E-state index in [0.717, 1.165) is 5.52 Å². The van der Waals surface area contributed by atoms with Gasteiger partial charge in [-0.05, 0) is 37.3 Å². The van der Waals surface area contributed by atoms with E-state index >= 15 is 0 Å². The Morgan fingerprint density at radius 3 is 2.64 bits per heavy atom. The molecule has 0 spiro atoms. The number of aryl methyl sites for hydroxylation is 1. The molecule has 0 saturated carbocycles. The SMILES string of the molecule is CCn1nnc2cc(C(=O)OCCOc3c(Cl)cccc3Cl)ccc21. The summed E-state index contributed by atoms with van der Waals surface area (Å²) >= 11 is 12.0. The highest BCUT2D eigenvalue weighted by atomic mass is 35.5.